The first-order valence-corrected chi connectivity index (χ1v) is 25.5. The highest BCUT2D eigenvalue weighted by molar-refractivity contribution is 6.67. The maximum Gasteiger partial charge on any atom is 0.347 e. The van der Waals surface area contributed by atoms with E-state index in [1.54, 1.807) is 29.0 Å². The van der Waals surface area contributed by atoms with E-state index >= 15 is 0 Å². The fourth-order valence-electron chi connectivity index (χ4n) is 9.29. The van der Waals surface area contributed by atoms with E-state index in [-0.39, 0.29) is 80.6 Å². The molecule has 4 aliphatic heterocycles. The summed E-state index contributed by atoms with van der Waals surface area (Å²) in [7, 11) is 0. The number of pyridine rings is 2. The number of fused-ring (bicyclic) bond motifs is 4. The van der Waals surface area contributed by atoms with Gasteiger partial charge in [0.2, 0.25) is 5.24 Å². The van der Waals surface area contributed by atoms with E-state index in [0.717, 1.165) is 11.1 Å². The highest BCUT2D eigenvalue weighted by atomic mass is 35.5. The molecule has 0 radical (unpaired) electrons. The molecule has 4 aliphatic rings. The van der Waals surface area contributed by atoms with Gasteiger partial charge in [0.1, 0.15) is 47.9 Å². The number of aromatic nitrogens is 2. The van der Waals surface area contributed by atoms with Crippen LogP contribution in [0.1, 0.15) is 45.7 Å². The van der Waals surface area contributed by atoms with Gasteiger partial charge in [0, 0.05) is 10.8 Å². The summed E-state index contributed by atoms with van der Waals surface area (Å²) in [6.07, 6.45) is -4.67. The van der Waals surface area contributed by atoms with Crippen molar-refractivity contribution in [3.63, 3.8) is 0 Å². The van der Waals surface area contributed by atoms with Crippen LogP contribution in [-0.2, 0) is 55.8 Å². The van der Waals surface area contributed by atoms with Gasteiger partial charge in [-0.05, 0) is 60.8 Å². The number of ether oxygens (including phenoxy) is 9. The van der Waals surface area contributed by atoms with Crippen LogP contribution in [0, 0.1) is 0 Å². The minimum absolute atomic E-state index is 0.0944. The Morgan fingerprint density at radius 1 is 0.560 bits per heavy atom. The van der Waals surface area contributed by atoms with Gasteiger partial charge in [-0.1, -0.05) is 84.9 Å². The molecule has 4 saturated heterocycles. The Balaban J connectivity index is 0.000000184. The Morgan fingerprint density at radius 2 is 0.947 bits per heavy atom. The van der Waals surface area contributed by atoms with Crippen molar-refractivity contribution in [3.05, 3.63) is 152 Å². The van der Waals surface area contributed by atoms with Crippen molar-refractivity contribution >= 4 is 79.8 Å². The number of carbonyl (C=O) groups is 4. The minimum Gasteiger partial charge on any atom is -0.483 e. The van der Waals surface area contributed by atoms with Crippen LogP contribution in [0.15, 0.2) is 119 Å². The number of halogens is 3. The molecule has 0 unspecified atom stereocenters. The van der Waals surface area contributed by atoms with Gasteiger partial charge in [-0.2, -0.15) is 0 Å². The zero-order chi connectivity index (χ0) is 53.2. The number of benzene rings is 4. The number of aliphatic hydroxyl groups is 1. The third kappa shape index (κ3) is 12.4. The molecule has 4 aromatic carbocycles. The third-order valence-corrected chi connectivity index (χ3v) is 13.3. The highest BCUT2D eigenvalue weighted by Crippen LogP contribution is 2.37. The molecule has 0 saturated carbocycles. The van der Waals surface area contributed by atoms with Gasteiger partial charge in [-0.15, -0.1) is 23.2 Å². The molecule has 75 heavy (non-hydrogen) atoms. The molecule has 21 heteroatoms. The van der Waals surface area contributed by atoms with E-state index in [9.17, 15) is 33.9 Å². The normalized spacial score (nSPS) is 22.2. The fraction of sp³-hybridized carbons (Fsp3) is 0.370. The zero-order valence-electron chi connectivity index (χ0n) is 40.7. The van der Waals surface area contributed by atoms with Crippen LogP contribution in [0.25, 0.3) is 21.8 Å². The number of esters is 3. The Hall–Kier alpha value is -6.35. The molecule has 0 spiro atoms. The largest absolute Gasteiger partial charge is 0.483 e. The Morgan fingerprint density at radius 3 is 1.39 bits per heavy atom. The van der Waals surface area contributed by atoms with E-state index in [4.69, 9.17) is 77.4 Å². The standard InChI is InChI=1S/C27H26ClNO8.C25H25NO7.C2H2Cl2O/c1-2-33-27(32)22-23(37-20-15-35-24-19(14-34-25(20)24)36-21(30)12-28)17-10-6-7-11-18(17)29(26(22)31)13-16-8-4-3-5-9-16;1-2-30-25(29)20-21(33-19-14-32-22-18(27)13-31-23(19)22)16-10-6-7-11-17(16)26(24(20)28)12-15-8-4-3-5-9-15;3-1-2(4)5/h3-11,19-20,24-25H,2,12-15H2,1H3;3-11,18-19,22-23,27H,2,12-14H2,1H3;1H2/t19-,20-,24+,25+;18-,19-,22+,23+;/m00./s1. The molecule has 396 valence electrons. The maximum absolute atomic E-state index is 13.8. The molecular weight excluding hydrogens is 1040 g/mol. The second kappa shape index (κ2) is 25.5. The van der Waals surface area contributed by atoms with Gasteiger partial charge in [0.05, 0.1) is 69.6 Å². The topological polar surface area (TPSA) is 216 Å². The van der Waals surface area contributed by atoms with Crippen LogP contribution >= 0.6 is 34.8 Å². The molecule has 6 heterocycles. The molecule has 1 N–H and O–H groups in total. The summed E-state index contributed by atoms with van der Waals surface area (Å²) in [4.78, 5) is 74.6. The SMILES string of the molecule is CCOC(=O)c1c(O[C@H]2CO[C@H]3[C@@H]2OC[C@@H]3O)c2ccccc2n(Cc2ccccc2)c1=O.CCOC(=O)c1c(O[C@H]2CO[C@H]3[C@@H]2OC[C@@H]3OC(=O)CCl)c2ccccc2n(Cc2ccccc2)c1=O.O=C(Cl)CCl. The summed E-state index contributed by atoms with van der Waals surface area (Å²) < 4.78 is 54.6. The summed E-state index contributed by atoms with van der Waals surface area (Å²) in [6.45, 7) is 4.70. The lowest BCUT2D eigenvalue weighted by Gasteiger charge is -2.22. The van der Waals surface area contributed by atoms with Crippen molar-refractivity contribution in [2.45, 2.75) is 75.8 Å². The van der Waals surface area contributed by atoms with Crippen LogP contribution in [0.5, 0.6) is 11.5 Å². The lowest BCUT2D eigenvalue weighted by molar-refractivity contribution is -0.150. The van der Waals surface area contributed by atoms with E-state index in [0.29, 0.717) is 28.4 Å². The predicted molar refractivity (Wildman–Crippen MR) is 275 cm³/mol. The smallest absolute Gasteiger partial charge is 0.347 e. The minimum atomic E-state index is -0.771. The zero-order valence-corrected chi connectivity index (χ0v) is 42.9. The molecule has 6 aromatic rings. The second-order valence-electron chi connectivity index (χ2n) is 17.4. The van der Waals surface area contributed by atoms with E-state index in [2.05, 4.69) is 0 Å². The maximum atomic E-state index is 13.8. The van der Waals surface area contributed by atoms with Crippen LogP contribution in [0.4, 0.5) is 0 Å². The Kier molecular flexibility index (Phi) is 18.6. The molecule has 10 rings (SSSR count). The van der Waals surface area contributed by atoms with E-state index in [1.807, 2.05) is 103 Å². The van der Waals surface area contributed by atoms with E-state index in [1.165, 1.54) is 0 Å². The van der Waals surface area contributed by atoms with Crippen LogP contribution in [0.3, 0.4) is 0 Å². The number of hydrogen-bond acceptors (Lipinski definition) is 16. The molecule has 4 fully saturated rings. The third-order valence-electron chi connectivity index (χ3n) is 12.6. The van der Waals surface area contributed by atoms with Crippen LogP contribution in [0.2, 0.25) is 0 Å². The van der Waals surface area contributed by atoms with Gasteiger partial charge in [0.15, 0.2) is 29.4 Å². The van der Waals surface area contributed by atoms with Crippen molar-refractivity contribution in [1.82, 2.24) is 9.13 Å². The predicted octanol–water partition coefficient (Wildman–Crippen LogP) is 6.05. The number of aliphatic hydroxyl groups excluding tert-OH is 1. The molecule has 0 amide bonds. The summed E-state index contributed by atoms with van der Waals surface area (Å²) in [6, 6.07) is 33.6. The first kappa shape index (κ1) is 54.9. The van der Waals surface area contributed by atoms with Gasteiger partial charge in [-0.25, -0.2) is 9.59 Å². The fourth-order valence-corrected chi connectivity index (χ4v) is 9.35. The van der Waals surface area contributed by atoms with Crippen molar-refractivity contribution in [2.24, 2.45) is 0 Å². The Labute approximate surface area is 444 Å². The quantitative estimate of drug-likeness (QED) is 0.0537. The summed E-state index contributed by atoms with van der Waals surface area (Å²) in [5.41, 5.74) is 1.71. The second-order valence-corrected chi connectivity index (χ2v) is 18.3. The van der Waals surface area contributed by atoms with Gasteiger partial charge in [0.25, 0.3) is 11.1 Å². The highest BCUT2D eigenvalue weighted by Gasteiger charge is 2.52. The van der Waals surface area contributed by atoms with E-state index < -0.39 is 83.1 Å². The molecule has 2 aromatic heterocycles. The van der Waals surface area contributed by atoms with Crippen LogP contribution < -0.4 is 20.6 Å². The number of para-hydroxylation sites is 2. The molecule has 18 nitrogen and oxygen atoms in total. The number of carbonyl (C=O) groups excluding carboxylic acids is 4. The van der Waals surface area contributed by atoms with Crippen LogP contribution in [-0.4, -0.2) is 138 Å². The average molecular weight is 1090 g/mol. The summed E-state index contributed by atoms with van der Waals surface area (Å²) in [5.74, 6) is -2.19. The number of alkyl halides is 2. The van der Waals surface area contributed by atoms with Crippen molar-refractivity contribution in [3.8, 4) is 11.5 Å². The number of hydrogen-bond donors (Lipinski definition) is 1. The lowest BCUT2D eigenvalue weighted by Crippen LogP contribution is -2.37. The lowest BCUT2D eigenvalue weighted by atomic mass is 10.1. The summed E-state index contributed by atoms with van der Waals surface area (Å²) in [5, 5.41) is 10.7. The average Bonchev–Trinajstić information content (AvgIpc) is 4.22. The van der Waals surface area contributed by atoms with Crippen molar-refractivity contribution in [2.75, 3.05) is 51.4 Å². The number of rotatable bonds is 15. The molecular formula is C54H53Cl3N2O16. The molecule has 0 bridgehead atoms. The first-order chi connectivity index (χ1) is 36.4. The van der Waals surface area contributed by atoms with Gasteiger partial charge >= 0.3 is 17.9 Å². The van der Waals surface area contributed by atoms with Gasteiger partial charge in [-0.3, -0.25) is 19.2 Å². The summed E-state index contributed by atoms with van der Waals surface area (Å²) >= 11 is 15.1. The van der Waals surface area contributed by atoms with Crippen molar-refractivity contribution < 1.29 is 66.9 Å². The number of nitrogens with zero attached hydrogens (tertiary/aromatic N) is 2. The van der Waals surface area contributed by atoms with Gasteiger partial charge < -0.3 is 56.9 Å². The monoisotopic (exact) mass is 1090 g/mol. The molecule has 8 atom stereocenters. The van der Waals surface area contributed by atoms with Crippen molar-refractivity contribution in [1.29, 1.82) is 0 Å². The first-order valence-electron chi connectivity index (χ1n) is 24.1. The molecule has 0 aliphatic carbocycles. The Bertz CT molecular complexity index is 3120.